The summed E-state index contributed by atoms with van der Waals surface area (Å²) in [7, 11) is 1.39. The van der Waals surface area contributed by atoms with Crippen LogP contribution in [0.15, 0.2) is 72.8 Å². The number of carbonyl (C=O) groups excluding carboxylic acids is 1. The first-order chi connectivity index (χ1) is 12.6. The van der Waals surface area contributed by atoms with Crippen LogP contribution in [0.2, 0.25) is 0 Å². The maximum Gasteiger partial charge on any atom is 0.252 e. The molecule has 0 aliphatic heterocycles. The molecule has 3 aromatic rings. The number of hydrogen-bond acceptors (Lipinski definition) is 2. The maximum absolute atomic E-state index is 14.0. The number of amides is 1. The number of ether oxygens (including phenoxy) is 1. The molecular weight excluding hydrogens is 329 g/mol. The lowest BCUT2D eigenvalue weighted by molar-refractivity contribution is 0.0942. The van der Waals surface area contributed by atoms with Gasteiger partial charge in [0, 0.05) is 5.56 Å². The molecule has 0 heterocycles. The molecular formula is C22H20FNO2. The summed E-state index contributed by atoms with van der Waals surface area (Å²) in [5.41, 5.74) is 3.28. The van der Waals surface area contributed by atoms with E-state index in [9.17, 15) is 9.18 Å². The minimum Gasteiger partial charge on any atom is -0.494 e. The zero-order chi connectivity index (χ0) is 18.5. The van der Waals surface area contributed by atoms with E-state index in [0.717, 1.165) is 16.7 Å². The highest BCUT2D eigenvalue weighted by atomic mass is 19.1. The van der Waals surface area contributed by atoms with Gasteiger partial charge >= 0.3 is 0 Å². The summed E-state index contributed by atoms with van der Waals surface area (Å²) in [5, 5.41) is 3.02. The Hall–Kier alpha value is -3.14. The number of methoxy groups -OCH3 is 1. The summed E-state index contributed by atoms with van der Waals surface area (Å²) in [6.07, 6.45) is 0. The van der Waals surface area contributed by atoms with Crippen LogP contribution in [0.5, 0.6) is 5.75 Å². The van der Waals surface area contributed by atoms with Crippen LogP contribution in [0, 0.1) is 12.7 Å². The van der Waals surface area contributed by atoms with Gasteiger partial charge < -0.3 is 10.1 Å². The minimum absolute atomic E-state index is 0.111. The highest BCUT2D eigenvalue weighted by molar-refractivity contribution is 5.94. The summed E-state index contributed by atoms with van der Waals surface area (Å²) in [5.74, 6) is -0.795. The topological polar surface area (TPSA) is 38.3 Å². The fourth-order valence-electron chi connectivity index (χ4n) is 2.92. The van der Waals surface area contributed by atoms with Crippen LogP contribution in [0.25, 0.3) is 0 Å². The van der Waals surface area contributed by atoms with Gasteiger partial charge in [-0.05, 0) is 41.8 Å². The van der Waals surface area contributed by atoms with Crippen molar-refractivity contribution in [1.29, 1.82) is 0 Å². The van der Waals surface area contributed by atoms with E-state index in [2.05, 4.69) is 5.32 Å². The number of hydrogen-bond donors (Lipinski definition) is 1. The van der Waals surface area contributed by atoms with Crippen LogP contribution >= 0.6 is 0 Å². The Kier molecular flexibility index (Phi) is 5.32. The summed E-state index contributed by atoms with van der Waals surface area (Å²) in [6.45, 7) is 2.00. The molecule has 3 nitrogen and oxygen atoms in total. The number of rotatable bonds is 5. The molecule has 0 aliphatic rings. The number of carbonyl (C=O) groups is 1. The van der Waals surface area contributed by atoms with Gasteiger partial charge in [-0.1, -0.05) is 54.6 Å². The first-order valence-electron chi connectivity index (χ1n) is 8.35. The lowest BCUT2D eigenvalue weighted by Gasteiger charge is -2.22. The molecule has 1 amide bonds. The summed E-state index contributed by atoms with van der Waals surface area (Å²) in [4.78, 5) is 12.7. The molecule has 1 N–H and O–H groups in total. The second-order valence-corrected chi connectivity index (χ2v) is 6.02. The smallest absolute Gasteiger partial charge is 0.252 e. The Labute approximate surface area is 152 Å². The Bertz CT molecular complexity index is 909. The molecule has 0 aromatic heterocycles. The predicted octanol–water partition coefficient (Wildman–Crippen LogP) is 4.66. The predicted molar refractivity (Wildman–Crippen MR) is 99.9 cm³/mol. The Morgan fingerprint density at radius 3 is 2.35 bits per heavy atom. The van der Waals surface area contributed by atoms with Crippen molar-refractivity contribution in [2.75, 3.05) is 7.11 Å². The van der Waals surface area contributed by atoms with E-state index in [-0.39, 0.29) is 23.3 Å². The molecule has 132 valence electrons. The third-order valence-electron chi connectivity index (χ3n) is 4.32. The van der Waals surface area contributed by atoms with Gasteiger partial charge in [-0.2, -0.15) is 0 Å². The molecule has 0 bridgehead atoms. The maximum atomic E-state index is 14.0. The van der Waals surface area contributed by atoms with Gasteiger partial charge in [-0.25, -0.2) is 4.39 Å². The molecule has 0 unspecified atom stereocenters. The first kappa shape index (κ1) is 17.7. The summed E-state index contributed by atoms with van der Waals surface area (Å²) < 4.78 is 18.9. The average molecular weight is 349 g/mol. The second kappa shape index (κ2) is 7.83. The highest BCUT2D eigenvalue weighted by Crippen LogP contribution is 2.26. The van der Waals surface area contributed by atoms with Crippen molar-refractivity contribution < 1.29 is 13.9 Å². The molecule has 0 spiro atoms. The molecule has 26 heavy (non-hydrogen) atoms. The average Bonchev–Trinajstić information content (AvgIpc) is 2.67. The van der Waals surface area contributed by atoms with E-state index < -0.39 is 5.82 Å². The van der Waals surface area contributed by atoms with Crippen molar-refractivity contribution in [2.45, 2.75) is 13.0 Å². The van der Waals surface area contributed by atoms with Gasteiger partial charge in [0.05, 0.1) is 13.2 Å². The van der Waals surface area contributed by atoms with Crippen molar-refractivity contribution in [2.24, 2.45) is 0 Å². The summed E-state index contributed by atoms with van der Waals surface area (Å²) in [6, 6.07) is 21.5. The number of benzene rings is 3. The Balaban J connectivity index is 1.95. The zero-order valence-electron chi connectivity index (χ0n) is 14.7. The molecule has 0 saturated carbocycles. The van der Waals surface area contributed by atoms with Crippen molar-refractivity contribution in [1.82, 2.24) is 5.32 Å². The molecule has 0 saturated heterocycles. The third kappa shape index (κ3) is 3.75. The molecule has 4 heteroatoms. The SMILES string of the molecule is COc1ccc(C(=O)N[C@H](c2ccccc2)c2ccccc2C)cc1F. The number of nitrogens with one attached hydrogen (secondary N) is 1. The van der Waals surface area contributed by atoms with E-state index in [1.165, 1.54) is 19.2 Å². The zero-order valence-corrected chi connectivity index (χ0v) is 14.7. The fraction of sp³-hybridized carbons (Fsp3) is 0.136. The monoisotopic (exact) mass is 349 g/mol. The van der Waals surface area contributed by atoms with E-state index in [1.54, 1.807) is 6.07 Å². The van der Waals surface area contributed by atoms with Gasteiger partial charge in [-0.3, -0.25) is 4.79 Å². The van der Waals surface area contributed by atoms with Crippen molar-refractivity contribution in [3.05, 3.63) is 101 Å². The minimum atomic E-state index is -0.563. The number of aryl methyl sites for hydroxylation is 1. The largest absolute Gasteiger partial charge is 0.494 e. The van der Waals surface area contributed by atoms with Crippen LogP contribution in [-0.2, 0) is 0 Å². The van der Waals surface area contributed by atoms with Gasteiger partial charge in [0.1, 0.15) is 0 Å². The highest BCUT2D eigenvalue weighted by Gasteiger charge is 2.20. The van der Waals surface area contributed by atoms with Crippen LogP contribution in [0.4, 0.5) is 4.39 Å². The van der Waals surface area contributed by atoms with Gasteiger partial charge in [-0.15, -0.1) is 0 Å². The lowest BCUT2D eigenvalue weighted by atomic mass is 9.94. The van der Waals surface area contributed by atoms with Gasteiger partial charge in [0.2, 0.25) is 0 Å². The fourth-order valence-corrected chi connectivity index (χ4v) is 2.92. The number of halogens is 1. The van der Waals surface area contributed by atoms with Crippen molar-refractivity contribution in [3.63, 3.8) is 0 Å². The van der Waals surface area contributed by atoms with Crippen LogP contribution < -0.4 is 10.1 Å². The standard InChI is InChI=1S/C22H20FNO2/c1-15-8-6-7-11-18(15)21(16-9-4-3-5-10-16)24-22(25)17-12-13-20(26-2)19(23)14-17/h3-14,21H,1-2H3,(H,24,25)/t21-/m1/s1. The molecule has 0 fully saturated rings. The van der Waals surface area contributed by atoms with Crippen molar-refractivity contribution in [3.8, 4) is 5.75 Å². The molecule has 0 aliphatic carbocycles. The third-order valence-corrected chi connectivity index (χ3v) is 4.32. The molecule has 3 rings (SSSR count). The lowest BCUT2D eigenvalue weighted by Crippen LogP contribution is -2.29. The van der Waals surface area contributed by atoms with E-state index in [4.69, 9.17) is 4.74 Å². The Morgan fingerprint density at radius 1 is 1.00 bits per heavy atom. The van der Waals surface area contributed by atoms with E-state index in [0.29, 0.717) is 0 Å². The van der Waals surface area contributed by atoms with Crippen LogP contribution in [0.1, 0.15) is 33.1 Å². The van der Waals surface area contributed by atoms with Gasteiger partial charge in [0.25, 0.3) is 5.91 Å². The molecule has 0 radical (unpaired) electrons. The second-order valence-electron chi connectivity index (χ2n) is 6.02. The Morgan fingerprint density at radius 2 is 1.69 bits per heavy atom. The normalized spacial score (nSPS) is 11.7. The van der Waals surface area contributed by atoms with E-state index in [1.807, 2.05) is 61.5 Å². The quantitative estimate of drug-likeness (QED) is 0.727. The molecule has 1 atom stereocenters. The van der Waals surface area contributed by atoms with Crippen LogP contribution in [-0.4, -0.2) is 13.0 Å². The first-order valence-corrected chi connectivity index (χ1v) is 8.35. The van der Waals surface area contributed by atoms with Crippen LogP contribution in [0.3, 0.4) is 0 Å². The van der Waals surface area contributed by atoms with Crippen molar-refractivity contribution >= 4 is 5.91 Å². The van der Waals surface area contributed by atoms with E-state index >= 15 is 0 Å². The molecule has 3 aromatic carbocycles. The van der Waals surface area contributed by atoms with Gasteiger partial charge in [0.15, 0.2) is 11.6 Å². The summed E-state index contributed by atoms with van der Waals surface area (Å²) >= 11 is 0.